The van der Waals surface area contributed by atoms with E-state index in [-0.39, 0.29) is 18.3 Å². The van der Waals surface area contributed by atoms with Crippen LogP contribution in [0.4, 0.5) is 0 Å². The topological polar surface area (TPSA) is 92.3 Å². The predicted octanol–water partition coefficient (Wildman–Crippen LogP) is 5.04. The molecular formula is C30H35NO7. The molecule has 2 aliphatic rings. The summed E-state index contributed by atoms with van der Waals surface area (Å²) >= 11 is 0. The number of hydrogen-bond donors (Lipinski definition) is 1. The van der Waals surface area contributed by atoms with Crippen LogP contribution in [0, 0.1) is 0 Å². The number of allylic oxidation sites excluding steroid dienone is 3. The number of ketones is 1. The van der Waals surface area contributed by atoms with Crippen LogP contribution in [-0.2, 0) is 14.3 Å². The van der Waals surface area contributed by atoms with Gasteiger partial charge in [-0.15, -0.1) is 0 Å². The highest BCUT2D eigenvalue weighted by molar-refractivity contribution is 6.04. The third-order valence-corrected chi connectivity index (χ3v) is 7.02. The first-order valence-electron chi connectivity index (χ1n) is 12.8. The second-order valence-corrected chi connectivity index (χ2v) is 9.20. The molecule has 1 heterocycles. The Morgan fingerprint density at radius 3 is 2.16 bits per heavy atom. The standard InChI is InChI=1S/C30H35NO7/c1-7-37-24-12-10-19(16-26(24)36-6)28-27(30(33)38-8-2)17(3)31-21-13-20(14-22(32)29(21)28)18-9-11-23(34-4)25(15-18)35-5/h9-12,15-16,20,28,31H,7-8,13-14H2,1-6H3/t20-,28-/m0/s1. The molecule has 0 bridgehead atoms. The van der Waals surface area contributed by atoms with Crippen molar-refractivity contribution in [1.82, 2.24) is 5.32 Å². The molecule has 4 rings (SSSR count). The normalized spacial score (nSPS) is 18.9. The van der Waals surface area contributed by atoms with Gasteiger partial charge in [0.1, 0.15) is 0 Å². The van der Waals surface area contributed by atoms with E-state index in [1.807, 2.05) is 50.2 Å². The molecule has 0 saturated carbocycles. The van der Waals surface area contributed by atoms with Gasteiger partial charge < -0.3 is 29.0 Å². The molecule has 0 unspecified atom stereocenters. The Balaban J connectivity index is 1.80. The summed E-state index contributed by atoms with van der Waals surface area (Å²) in [6.45, 7) is 6.23. The summed E-state index contributed by atoms with van der Waals surface area (Å²) in [5.74, 6) is 1.28. The van der Waals surface area contributed by atoms with Crippen molar-refractivity contribution >= 4 is 11.8 Å². The van der Waals surface area contributed by atoms with Crippen molar-refractivity contribution in [3.8, 4) is 23.0 Å². The van der Waals surface area contributed by atoms with Crippen LogP contribution < -0.4 is 24.3 Å². The van der Waals surface area contributed by atoms with Crippen molar-refractivity contribution in [3.05, 3.63) is 70.1 Å². The van der Waals surface area contributed by atoms with Crippen LogP contribution in [0.15, 0.2) is 58.9 Å². The van der Waals surface area contributed by atoms with E-state index in [0.29, 0.717) is 59.3 Å². The molecule has 1 aliphatic heterocycles. The summed E-state index contributed by atoms with van der Waals surface area (Å²) in [6, 6.07) is 11.3. The van der Waals surface area contributed by atoms with Crippen molar-refractivity contribution in [2.24, 2.45) is 0 Å². The number of hydrogen-bond acceptors (Lipinski definition) is 8. The van der Waals surface area contributed by atoms with Crippen LogP contribution in [0.5, 0.6) is 23.0 Å². The molecule has 0 fully saturated rings. The fraction of sp³-hybridized carbons (Fsp3) is 0.400. The molecule has 8 heteroatoms. The summed E-state index contributed by atoms with van der Waals surface area (Å²) in [7, 11) is 4.76. The quantitative estimate of drug-likeness (QED) is 0.459. The molecule has 1 N–H and O–H groups in total. The summed E-state index contributed by atoms with van der Waals surface area (Å²) in [5.41, 5.74) is 4.24. The average Bonchev–Trinajstić information content (AvgIpc) is 2.92. The number of Topliss-reactive ketones (excluding diaryl/α,β-unsaturated/α-hetero) is 1. The SMILES string of the molecule is CCOC(=O)C1=C(C)NC2=C(C(=O)C[C@@H](c3ccc(OC)c(OC)c3)C2)[C@H]1c1ccc(OCC)c(OC)c1. The maximum atomic E-state index is 13.8. The summed E-state index contributed by atoms with van der Waals surface area (Å²) in [6.07, 6.45) is 0.907. The summed E-state index contributed by atoms with van der Waals surface area (Å²) in [4.78, 5) is 27.0. The van der Waals surface area contributed by atoms with Crippen molar-refractivity contribution in [2.45, 2.75) is 45.4 Å². The first-order valence-corrected chi connectivity index (χ1v) is 12.8. The zero-order valence-electron chi connectivity index (χ0n) is 22.8. The third-order valence-electron chi connectivity index (χ3n) is 7.02. The van der Waals surface area contributed by atoms with Crippen LogP contribution in [0.25, 0.3) is 0 Å². The van der Waals surface area contributed by atoms with Gasteiger partial charge in [0.2, 0.25) is 0 Å². The fourth-order valence-corrected chi connectivity index (χ4v) is 5.33. The van der Waals surface area contributed by atoms with E-state index in [2.05, 4.69) is 5.32 Å². The molecule has 2 aromatic carbocycles. The Morgan fingerprint density at radius 1 is 0.868 bits per heavy atom. The minimum absolute atomic E-state index is 0.0225. The van der Waals surface area contributed by atoms with E-state index in [1.54, 1.807) is 28.3 Å². The first-order chi connectivity index (χ1) is 18.4. The van der Waals surface area contributed by atoms with Gasteiger partial charge in [0.25, 0.3) is 0 Å². The lowest BCUT2D eigenvalue weighted by molar-refractivity contribution is -0.138. The van der Waals surface area contributed by atoms with E-state index in [4.69, 9.17) is 23.7 Å². The largest absolute Gasteiger partial charge is 0.493 e. The zero-order chi connectivity index (χ0) is 27.4. The number of carbonyl (C=O) groups excluding carboxylic acids is 2. The molecular weight excluding hydrogens is 486 g/mol. The highest BCUT2D eigenvalue weighted by Gasteiger charge is 2.41. The Morgan fingerprint density at radius 2 is 1.50 bits per heavy atom. The van der Waals surface area contributed by atoms with Gasteiger partial charge in [-0.1, -0.05) is 12.1 Å². The predicted molar refractivity (Wildman–Crippen MR) is 143 cm³/mol. The minimum atomic E-state index is -0.589. The van der Waals surface area contributed by atoms with Crippen molar-refractivity contribution in [1.29, 1.82) is 0 Å². The second kappa shape index (κ2) is 11.6. The minimum Gasteiger partial charge on any atom is -0.493 e. The fourth-order valence-electron chi connectivity index (χ4n) is 5.33. The van der Waals surface area contributed by atoms with Gasteiger partial charge in [-0.25, -0.2) is 4.79 Å². The van der Waals surface area contributed by atoms with E-state index in [9.17, 15) is 9.59 Å². The molecule has 1 aliphatic carbocycles. The van der Waals surface area contributed by atoms with Crippen LogP contribution in [0.1, 0.15) is 56.6 Å². The number of nitrogens with one attached hydrogen (secondary N) is 1. The molecule has 0 aromatic heterocycles. The average molecular weight is 522 g/mol. The van der Waals surface area contributed by atoms with Crippen LogP contribution in [-0.4, -0.2) is 46.3 Å². The molecule has 2 atom stereocenters. The molecule has 0 radical (unpaired) electrons. The van der Waals surface area contributed by atoms with Crippen molar-refractivity contribution in [3.63, 3.8) is 0 Å². The van der Waals surface area contributed by atoms with Gasteiger partial charge in [-0.3, -0.25) is 4.79 Å². The number of carbonyl (C=O) groups is 2. The molecule has 2 aromatic rings. The van der Waals surface area contributed by atoms with Gasteiger partial charge in [0.05, 0.1) is 40.1 Å². The number of rotatable bonds is 9. The molecule has 8 nitrogen and oxygen atoms in total. The Bertz CT molecular complexity index is 1290. The van der Waals surface area contributed by atoms with Crippen LogP contribution in [0.2, 0.25) is 0 Å². The number of dihydropyridines is 1. The van der Waals surface area contributed by atoms with Gasteiger partial charge in [-0.05, 0) is 68.5 Å². The maximum Gasteiger partial charge on any atom is 0.336 e. The second-order valence-electron chi connectivity index (χ2n) is 9.20. The molecule has 0 saturated heterocycles. The molecule has 202 valence electrons. The number of methoxy groups -OCH3 is 3. The summed E-state index contributed by atoms with van der Waals surface area (Å²) in [5, 5.41) is 3.37. The molecule has 0 amide bonds. The maximum absolute atomic E-state index is 13.8. The van der Waals surface area contributed by atoms with Gasteiger partial charge >= 0.3 is 5.97 Å². The lowest BCUT2D eigenvalue weighted by atomic mass is 9.71. The molecule has 0 spiro atoms. The highest BCUT2D eigenvalue weighted by atomic mass is 16.5. The Hall–Kier alpha value is -3.94. The zero-order valence-corrected chi connectivity index (χ0v) is 22.8. The lowest BCUT2D eigenvalue weighted by Gasteiger charge is -2.37. The number of benzene rings is 2. The highest BCUT2D eigenvalue weighted by Crippen LogP contribution is 2.47. The van der Waals surface area contributed by atoms with Crippen LogP contribution in [0.3, 0.4) is 0 Å². The van der Waals surface area contributed by atoms with Gasteiger partial charge in [0.15, 0.2) is 28.8 Å². The molecule has 38 heavy (non-hydrogen) atoms. The van der Waals surface area contributed by atoms with Crippen molar-refractivity contribution in [2.75, 3.05) is 34.5 Å². The summed E-state index contributed by atoms with van der Waals surface area (Å²) < 4.78 is 27.6. The van der Waals surface area contributed by atoms with Gasteiger partial charge in [-0.2, -0.15) is 0 Å². The monoisotopic (exact) mass is 521 g/mol. The third kappa shape index (κ3) is 5.08. The van der Waals surface area contributed by atoms with E-state index in [1.165, 1.54) is 0 Å². The van der Waals surface area contributed by atoms with Gasteiger partial charge in [0, 0.05) is 29.3 Å². The first kappa shape index (κ1) is 27.1. The Labute approximate surface area is 223 Å². The van der Waals surface area contributed by atoms with E-state index >= 15 is 0 Å². The number of ether oxygens (including phenoxy) is 5. The van der Waals surface area contributed by atoms with Crippen LogP contribution >= 0.6 is 0 Å². The lowest BCUT2D eigenvalue weighted by Crippen LogP contribution is -2.36. The van der Waals surface area contributed by atoms with E-state index < -0.39 is 11.9 Å². The Kier molecular flexibility index (Phi) is 8.29. The smallest absolute Gasteiger partial charge is 0.336 e. The van der Waals surface area contributed by atoms with Crippen molar-refractivity contribution < 1.29 is 33.3 Å². The number of esters is 1. The van der Waals surface area contributed by atoms with E-state index in [0.717, 1.165) is 16.8 Å².